The van der Waals surface area contributed by atoms with E-state index in [0.29, 0.717) is 12.4 Å². The van der Waals surface area contributed by atoms with Crippen molar-refractivity contribution in [3.05, 3.63) is 34.1 Å². The van der Waals surface area contributed by atoms with E-state index in [1.807, 2.05) is 17.5 Å². The monoisotopic (exact) mass is 348 g/mol. The van der Waals surface area contributed by atoms with Gasteiger partial charge in [-0.3, -0.25) is 9.69 Å². The number of carbonyl (C=O) groups is 1. The van der Waals surface area contributed by atoms with Crippen LogP contribution in [-0.4, -0.2) is 40.1 Å². The van der Waals surface area contributed by atoms with E-state index in [0.717, 1.165) is 36.6 Å². The van der Waals surface area contributed by atoms with Crippen molar-refractivity contribution in [1.82, 2.24) is 20.4 Å². The zero-order valence-corrected chi connectivity index (χ0v) is 15.2. The summed E-state index contributed by atoms with van der Waals surface area (Å²) in [6.45, 7) is 8.74. The Bertz CT molecular complexity index is 667. The second-order valence-corrected chi connectivity index (χ2v) is 8.21. The Balaban J connectivity index is 1.47. The number of aromatic nitrogens is 2. The molecule has 130 valence electrons. The van der Waals surface area contributed by atoms with E-state index in [4.69, 9.17) is 4.52 Å². The second-order valence-electron chi connectivity index (χ2n) is 7.27. The summed E-state index contributed by atoms with van der Waals surface area (Å²) in [6, 6.07) is 4.00. The molecule has 0 spiro atoms. The molecule has 6 nitrogen and oxygen atoms in total. The molecule has 24 heavy (non-hydrogen) atoms. The predicted octanol–water partition coefficient (Wildman–Crippen LogP) is 2.82. The van der Waals surface area contributed by atoms with E-state index in [-0.39, 0.29) is 17.4 Å². The SMILES string of the molecule is CC(C)(C)c1nc(CN2CCC(NC(=O)c3cccs3)CC2)no1. The first-order chi connectivity index (χ1) is 11.4. The maximum atomic E-state index is 12.1. The molecule has 0 aliphatic carbocycles. The highest BCUT2D eigenvalue weighted by molar-refractivity contribution is 7.12. The average molecular weight is 348 g/mol. The van der Waals surface area contributed by atoms with Gasteiger partial charge in [0.25, 0.3) is 5.91 Å². The minimum absolute atomic E-state index is 0.0384. The molecule has 2 aromatic heterocycles. The number of hydrogen-bond acceptors (Lipinski definition) is 6. The maximum absolute atomic E-state index is 12.1. The minimum Gasteiger partial charge on any atom is -0.349 e. The van der Waals surface area contributed by atoms with Crippen LogP contribution in [0.4, 0.5) is 0 Å². The molecule has 1 aliphatic rings. The summed E-state index contributed by atoms with van der Waals surface area (Å²) in [4.78, 5) is 19.7. The third kappa shape index (κ3) is 4.21. The Hall–Kier alpha value is -1.73. The molecule has 1 aliphatic heterocycles. The van der Waals surface area contributed by atoms with Gasteiger partial charge in [0.2, 0.25) is 5.89 Å². The maximum Gasteiger partial charge on any atom is 0.261 e. The van der Waals surface area contributed by atoms with Gasteiger partial charge in [-0.2, -0.15) is 4.98 Å². The van der Waals surface area contributed by atoms with Gasteiger partial charge >= 0.3 is 0 Å². The van der Waals surface area contributed by atoms with Crippen LogP contribution in [0.25, 0.3) is 0 Å². The normalized spacial score (nSPS) is 17.1. The number of nitrogens with zero attached hydrogens (tertiary/aromatic N) is 3. The molecule has 0 atom stereocenters. The topological polar surface area (TPSA) is 71.3 Å². The van der Waals surface area contributed by atoms with Gasteiger partial charge in [-0.25, -0.2) is 0 Å². The van der Waals surface area contributed by atoms with Crippen LogP contribution in [0.15, 0.2) is 22.0 Å². The van der Waals surface area contributed by atoms with Crippen molar-refractivity contribution in [3.63, 3.8) is 0 Å². The summed E-state index contributed by atoms with van der Waals surface area (Å²) in [5, 5.41) is 9.13. The molecule has 0 saturated carbocycles. The van der Waals surface area contributed by atoms with E-state index >= 15 is 0 Å². The van der Waals surface area contributed by atoms with Crippen LogP contribution in [0.1, 0.15) is 55.0 Å². The molecule has 1 saturated heterocycles. The van der Waals surface area contributed by atoms with Crippen LogP contribution in [-0.2, 0) is 12.0 Å². The van der Waals surface area contributed by atoms with E-state index in [1.165, 1.54) is 11.3 Å². The van der Waals surface area contributed by atoms with Crippen molar-refractivity contribution in [1.29, 1.82) is 0 Å². The Labute approximate surface area is 146 Å². The van der Waals surface area contributed by atoms with Crippen LogP contribution >= 0.6 is 11.3 Å². The Morgan fingerprint density at radius 1 is 1.42 bits per heavy atom. The van der Waals surface area contributed by atoms with E-state index in [9.17, 15) is 4.79 Å². The number of nitrogens with one attached hydrogen (secondary N) is 1. The van der Waals surface area contributed by atoms with E-state index < -0.39 is 0 Å². The number of hydrogen-bond donors (Lipinski definition) is 1. The summed E-state index contributed by atoms with van der Waals surface area (Å²) < 4.78 is 5.34. The standard InChI is InChI=1S/C17H24N4O2S/c1-17(2,3)16-19-14(20-23-16)11-21-8-6-12(7-9-21)18-15(22)13-5-4-10-24-13/h4-5,10,12H,6-9,11H2,1-3H3,(H,18,22). The van der Waals surface area contributed by atoms with Crippen LogP contribution in [0.3, 0.4) is 0 Å². The first-order valence-corrected chi connectivity index (χ1v) is 9.19. The van der Waals surface area contributed by atoms with Gasteiger partial charge in [0.1, 0.15) is 0 Å². The fourth-order valence-electron chi connectivity index (χ4n) is 2.72. The van der Waals surface area contributed by atoms with Gasteiger partial charge in [-0.1, -0.05) is 32.0 Å². The lowest BCUT2D eigenvalue weighted by molar-refractivity contribution is 0.0912. The molecular formula is C17H24N4O2S. The first kappa shape index (κ1) is 17.1. The molecule has 1 fully saturated rings. The summed E-state index contributed by atoms with van der Waals surface area (Å²) >= 11 is 1.48. The summed E-state index contributed by atoms with van der Waals surface area (Å²) in [7, 11) is 0. The van der Waals surface area contributed by atoms with Crippen molar-refractivity contribution < 1.29 is 9.32 Å². The Morgan fingerprint density at radius 2 is 2.17 bits per heavy atom. The molecule has 3 rings (SSSR count). The molecule has 1 amide bonds. The molecule has 0 radical (unpaired) electrons. The summed E-state index contributed by atoms with van der Waals surface area (Å²) in [5.74, 6) is 1.45. The van der Waals surface area contributed by atoms with Gasteiger partial charge in [-0.15, -0.1) is 11.3 Å². The summed E-state index contributed by atoms with van der Waals surface area (Å²) in [5.41, 5.74) is -0.121. The van der Waals surface area contributed by atoms with Crippen LogP contribution < -0.4 is 5.32 Å². The van der Waals surface area contributed by atoms with Gasteiger partial charge < -0.3 is 9.84 Å². The van der Waals surface area contributed by atoms with E-state index in [2.05, 4.69) is 41.1 Å². The van der Waals surface area contributed by atoms with Crippen LogP contribution in [0.5, 0.6) is 0 Å². The van der Waals surface area contributed by atoms with Crippen molar-refractivity contribution in [2.75, 3.05) is 13.1 Å². The molecule has 0 aromatic carbocycles. The lowest BCUT2D eigenvalue weighted by atomic mass is 9.97. The third-order valence-corrected chi connectivity index (χ3v) is 5.01. The zero-order chi connectivity index (χ0) is 17.2. The fraction of sp³-hybridized carbons (Fsp3) is 0.588. The van der Waals surface area contributed by atoms with Crippen LogP contribution in [0, 0.1) is 0 Å². The highest BCUT2D eigenvalue weighted by Gasteiger charge is 2.25. The van der Waals surface area contributed by atoms with E-state index in [1.54, 1.807) is 0 Å². The highest BCUT2D eigenvalue weighted by Crippen LogP contribution is 2.21. The highest BCUT2D eigenvalue weighted by atomic mass is 32.1. The molecule has 3 heterocycles. The zero-order valence-electron chi connectivity index (χ0n) is 14.4. The smallest absolute Gasteiger partial charge is 0.261 e. The minimum atomic E-state index is -0.121. The number of amides is 1. The molecular weight excluding hydrogens is 324 g/mol. The second kappa shape index (κ2) is 7.03. The number of likely N-dealkylation sites (tertiary alicyclic amines) is 1. The van der Waals surface area contributed by atoms with Crippen molar-refractivity contribution in [2.24, 2.45) is 0 Å². The lowest BCUT2D eigenvalue weighted by Gasteiger charge is -2.31. The molecule has 7 heteroatoms. The van der Waals surface area contributed by atoms with Crippen molar-refractivity contribution in [2.45, 2.75) is 51.6 Å². The van der Waals surface area contributed by atoms with Gasteiger partial charge in [0.15, 0.2) is 5.82 Å². The average Bonchev–Trinajstić information content (AvgIpc) is 3.19. The molecule has 0 unspecified atom stereocenters. The lowest BCUT2D eigenvalue weighted by Crippen LogP contribution is -2.44. The molecule has 2 aromatic rings. The fourth-order valence-corrected chi connectivity index (χ4v) is 3.35. The number of piperidine rings is 1. The van der Waals surface area contributed by atoms with Crippen molar-refractivity contribution in [3.8, 4) is 0 Å². The predicted molar refractivity (Wildman–Crippen MR) is 93.1 cm³/mol. The third-order valence-electron chi connectivity index (χ3n) is 4.14. The number of thiophene rings is 1. The van der Waals surface area contributed by atoms with Crippen LogP contribution in [0.2, 0.25) is 0 Å². The number of rotatable bonds is 4. The Kier molecular flexibility index (Phi) is 5.01. The first-order valence-electron chi connectivity index (χ1n) is 8.31. The summed E-state index contributed by atoms with van der Waals surface area (Å²) in [6.07, 6.45) is 1.89. The molecule has 1 N–H and O–H groups in total. The largest absolute Gasteiger partial charge is 0.349 e. The van der Waals surface area contributed by atoms with Gasteiger partial charge in [0.05, 0.1) is 11.4 Å². The number of carbonyl (C=O) groups excluding carboxylic acids is 1. The van der Waals surface area contributed by atoms with Gasteiger partial charge in [-0.05, 0) is 24.3 Å². The molecule has 0 bridgehead atoms. The van der Waals surface area contributed by atoms with Crippen molar-refractivity contribution >= 4 is 17.2 Å². The van der Waals surface area contributed by atoms with Gasteiger partial charge in [0, 0.05) is 24.5 Å². The Morgan fingerprint density at radius 3 is 2.75 bits per heavy atom. The quantitative estimate of drug-likeness (QED) is 0.920.